The summed E-state index contributed by atoms with van der Waals surface area (Å²) in [6.45, 7) is 3.03. The van der Waals surface area contributed by atoms with Crippen molar-refractivity contribution in [1.29, 1.82) is 0 Å². The summed E-state index contributed by atoms with van der Waals surface area (Å²) in [5, 5.41) is 13.0. The van der Waals surface area contributed by atoms with E-state index >= 15 is 0 Å². The molecule has 2 N–H and O–H groups in total. The van der Waals surface area contributed by atoms with Crippen LogP contribution in [0.5, 0.6) is 11.5 Å². The van der Waals surface area contributed by atoms with Crippen LogP contribution < -0.4 is 10.1 Å². The smallest absolute Gasteiger partial charge is 0.138 e. The minimum atomic E-state index is -0.465. The third-order valence-electron chi connectivity index (χ3n) is 2.83. The van der Waals surface area contributed by atoms with Gasteiger partial charge in [-0.15, -0.1) is 0 Å². The minimum absolute atomic E-state index is 0.0897. The van der Waals surface area contributed by atoms with E-state index in [1.54, 1.807) is 12.1 Å². The normalized spacial score (nSPS) is 10.4. The Morgan fingerprint density at radius 1 is 1.24 bits per heavy atom. The number of benzene rings is 2. The van der Waals surface area contributed by atoms with Gasteiger partial charge in [-0.3, -0.25) is 0 Å². The molecular weight excluding hydrogens is 293 g/mol. The molecule has 0 aliphatic rings. The highest BCUT2D eigenvalue weighted by atomic mass is 35.5. The molecule has 112 valence electrons. The Labute approximate surface area is 128 Å². The topological polar surface area (TPSA) is 41.5 Å². The molecule has 0 aliphatic carbocycles. The third kappa shape index (κ3) is 4.53. The van der Waals surface area contributed by atoms with Gasteiger partial charge in [0.2, 0.25) is 0 Å². The number of phenolic OH excluding ortho intramolecular Hbond substituents is 1. The molecule has 3 nitrogen and oxygen atoms in total. The van der Waals surface area contributed by atoms with Crippen LogP contribution in [0.2, 0.25) is 5.02 Å². The number of ether oxygens (including phenoxy) is 1. The summed E-state index contributed by atoms with van der Waals surface area (Å²) in [6, 6.07) is 9.34. The SMILES string of the molecule is CCCOc1ccc(NCc2cc(O)cc(F)c2)cc1Cl. The largest absolute Gasteiger partial charge is 0.508 e. The first-order valence-corrected chi connectivity index (χ1v) is 7.11. The summed E-state index contributed by atoms with van der Waals surface area (Å²) < 4.78 is 18.7. The average Bonchev–Trinajstić information content (AvgIpc) is 2.43. The fraction of sp³-hybridized carbons (Fsp3) is 0.250. The number of hydrogen-bond acceptors (Lipinski definition) is 3. The highest BCUT2D eigenvalue weighted by Crippen LogP contribution is 2.28. The van der Waals surface area contributed by atoms with Gasteiger partial charge < -0.3 is 15.2 Å². The van der Waals surface area contributed by atoms with Gasteiger partial charge in [0.15, 0.2) is 0 Å². The molecule has 0 unspecified atom stereocenters. The Morgan fingerprint density at radius 3 is 2.71 bits per heavy atom. The van der Waals surface area contributed by atoms with Crippen molar-refractivity contribution in [3.05, 3.63) is 52.8 Å². The number of nitrogens with one attached hydrogen (secondary N) is 1. The van der Waals surface area contributed by atoms with Crippen molar-refractivity contribution in [3.8, 4) is 11.5 Å². The summed E-state index contributed by atoms with van der Waals surface area (Å²) in [5.74, 6) is 0.0914. The van der Waals surface area contributed by atoms with Gasteiger partial charge in [0.05, 0.1) is 11.6 Å². The lowest BCUT2D eigenvalue weighted by Crippen LogP contribution is -2.01. The molecule has 2 aromatic carbocycles. The van der Waals surface area contributed by atoms with Crippen molar-refractivity contribution in [2.24, 2.45) is 0 Å². The lowest BCUT2D eigenvalue weighted by atomic mass is 10.2. The van der Waals surface area contributed by atoms with Crippen LogP contribution in [0.4, 0.5) is 10.1 Å². The zero-order valence-corrected chi connectivity index (χ0v) is 12.5. The van der Waals surface area contributed by atoms with Gasteiger partial charge in [0.1, 0.15) is 17.3 Å². The van der Waals surface area contributed by atoms with Gasteiger partial charge in [-0.05, 0) is 42.3 Å². The second-order valence-corrected chi connectivity index (χ2v) is 5.07. The van der Waals surface area contributed by atoms with Crippen molar-refractivity contribution in [2.45, 2.75) is 19.9 Å². The number of halogens is 2. The van der Waals surface area contributed by atoms with E-state index in [9.17, 15) is 9.50 Å². The van der Waals surface area contributed by atoms with Crippen LogP contribution in [0.1, 0.15) is 18.9 Å². The summed E-state index contributed by atoms with van der Waals surface area (Å²) in [7, 11) is 0. The first-order chi connectivity index (χ1) is 10.1. The van der Waals surface area contributed by atoms with Crippen molar-refractivity contribution >= 4 is 17.3 Å². The predicted octanol–water partition coefficient (Wildman–Crippen LogP) is 4.59. The molecule has 0 aromatic heterocycles. The highest BCUT2D eigenvalue weighted by molar-refractivity contribution is 6.32. The Hall–Kier alpha value is -1.94. The summed E-state index contributed by atoms with van der Waals surface area (Å²) in [6.07, 6.45) is 0.916. The monoisotopic (exact) mass is 309 g/mol. The van der Waals surface area contributed by atoms with E-state index in [1.165, 1.54) is 12.1 Å². The molecule has 5 heteroatoms. The zero-order valence-electron chi connectivity index (χ0n) is 11.7. The van der Waals surface area contributed by atoms with E-state index in [-0.39, 0.29) is 5.75 Å². The maximum absolute atomic E-state index is 13.2. The third-order valence-corrected chi connectivity index (χ3v) is 3.13. The molecular formula is C16H17ClFNO2. The molecule has 0 bridgehead atoms. The van der Waals surface area contributed by atoms with Gasteiger partial charge in [-0.1, -0.05) is 18.5 Å². The van der Waals surface area contributed by atoms with Crippen LogP contribution in [0, 0.1) is 5.82 Å². The Bertz CT molecular complexity index is 599. The molecule has 0 atom stereocenters. The average molecular weight is 310 g/mol. The molecule has 0 spiro atoms. The van der Waals surface area contributed by atoms with Crippen LogP contribution in [-0.2, 0) is 6.54 Å². The number of hydrogen-bond donors (Lipinski definition) is 2. The number of rotatable bonds is 6. The first-order valence-electron chi connectivity index (χ1n) is 6.73. The van der Waals surface area contributed by atoms with E-state index in [0.717, 1.165) is 18.2 Å². The van der Waals surface area contributed by atoms with Crippen LogP contribution in [-0.4, -0.2) is 11.7 Å². The molecule has 0 heterocycles. The molecule has 0 saturated heterocycles. The molecule has 0 fully saturated rings. The van der Waals surface area contributed by atoms with Crippen molar-refractivity contribution < 1.29 is 14.2 Å². The minimum Gasteiger partial charge on any atom is -0.508 e. The maximum atomic E-state index is 13.2. The molecule has 0 saturated carbocycles. The van der Waals surface area contributed by atoms with Gasteiger partial charge in [-0.2, -0.15) is 0 Å². The molecule has 0 radical (unpaired) electrons. The second-order valence-electron chi connectivity index (χ2n) is 4.66. The fourth-order valence-electron chi connectivity index (χ4n) is 1.88. The lowest BCUT2D eigenvalue weighted by molar-refractivity contribution is 0.317. The van der Waals surface area contributed by atoms with Crippen LogP contribution in [0.3, 0.4) is 0 Å². The number of anilines is 1. The van der Waals surface area contributed by atoms with E-state index < -0.39 is 5.82 Å². The maximum Gasteiger partial charge on any atom is 0.138 e. The zero-order chi connectivity index (χ0) is 15.2. The lowest BCUT2D eigenvalue weighted by Gasteiger charge is -2.11. The van der Waals surface area contributed by atoms with E-state index in [0.29, 0.717) is 29.5 Å². The predicted molar refractivity (Wildman–Crippen MR) is 82.6 cm³/mol. The summed E-state index contributed by atoms with van der Waals surface area (Å²) in [5.41, 5.74) is 1.45. The standard InChI is InChI=1S/C16H17ClFNO2/c1-2-5-21-16-4-3-13(9-15(16)17)19-10-11-6-12(18)8-14(20)7-11/h3-4,6-9,19-20H,2,5,10H2,1H3. The Morgan fingerprint density at radius 2 is 2.05 bits per heavy atom. The van der Waals surface area contributed by atoms with Crippen LogP contribution in [0.15, 0.2) is 36.4 Å². The molecule has 2 rings (SSSR count). The van der Waals surface area contributed by atoms with Gasteiger partial charge in [0.25, 0.3) is 0 Å². The van der Waals surface area contributed by atoms with Crippen molar-refractivity contribution in [2.75, 3.05) is 11.9 Å². The van der Waals surface area contributed by atoms with Crippen LogP contribution >= 0.6 is 11.6 Å². The fourth-order valence-corrected chi connectivity index (χ4v) is 2.11. The van der Waals surface area contributed by atoms with Gasteiger partial charge in [0, 0.05) is 18.3 Å². The van der Waals surface area contributed by atoms with E-state index in [1.807, 2.05) is 13.0 Å². The number of aromatic hydroxyl groups is 1. The molecule has 21 heavy (non-hydrogen) atoms. The second kappa shape index (κ2) is 7.18. The summed E-state index contributed by atoms with van der Waals surface area (Å²) >= 11 is 6.13. The van der Waals surface area contributed by atoms with Crippen molar-refractivity contribution in [1.82, 2.24) is 0 Å². The number of phenols is 1. The van der Waals surface area contributed by atoms with Crippen LogP contribution in [0.25, 0.3) is 0 Å². The highest BCUT2D eigenvalue weighted by Gasteiger charge is 2.04. The van der Waals surface area contributed by atoms with E-state index in [4.69, 9.17) is 16.3 Å². The molecule has 2 aromatic rings. The van der Waals surface area contributed by atoms with E-state index in [2.05, 4.69) is 5.32 Å². The Balaban J connectivity index is 2.01. The van der Waals surface area contributed by atoms with Crippen molar-refractivity contribution in [3.63, 3.8) is 0 Å². The first kappa shape index (κ1) is 15.4. The van der Waals surface area contributed by atoms with Gasteiger partial charge >= 0.3 is 0 Å². The molecule has 0 aliphatic heterocycles. The molecule has 0 amide bonds. The quantitative estimate of drug-likeness (QED) is 0.820. The Kier molecular flexibility index (Phi) is 5.28. The van der Waals surface area contributed by atoms with Gasteiger partial charge in [-0.25, -0.2) is 4.39 Å². The summed E-state index contributed by atoms with van der Waals surface area (Å²) in [4.78, 5) is 0.